The zero-order valence-electron chi connectivity index (χ0n) is 11.5. The number of aryl methyl sites for hydroxylation is 2. The standard InChI is InChI=1S/C12H17N5O2S/c1-8-5-11-15-16-12(17(11)9(2)14-8)6-13-10-3-4-20(18,19)7-10/h5,10,13H,3-4,6-7H2,1-2H3. The van der Waals surface area contributed by atoms with Crippen LogP contribution in [0.4, 0.5) is 0 Å². The van der Waals surface area contributed by atoms with Crippen LogP contribution >= 0.6 is 0 Å². The lowest BCUT2D eigenvalue weighted by Crippen LogP contribution is -2.30. The van der Waals surface area contributed by atoms with Crippen molar-refractivity contribution in [1.82, 2.24) is 24.9 Å². The third-order valence-electron chi connectivity index (χ3n) is 3.54. The van der Waals surface area contributed by atoms with Crippen molar-refractivity contribution in [2.75, 3.05) is 11.5 Å². The molecule has 1 saturated heterocycles. The van der Waals surface area contributed by atoms with E-state index in [-0.39, 0.29) is 17.5 Å². The fourth-order valence-corrected chi connectivity index (χ4v) is 4.31. The molecular weight excluding hydrogens is 278 g/mol. The van der Waals surface area contributed by atoms with E-state index < -0.39 is 9.84 Å². The molecule has 3 rings (SSSR count). The average Bonchev–Trinajstić information content (AvgIpc) is 2.90. The maximum atomic E-state index is 11.4. The summed E-state index contributed by atoms with van der Waals surface area (Å²) in [7, 11) is -2.86. The van der Waals surface area contributed by atoms with E-state index in [4.69, 9.17) is 0 Å². The normalized spacial score (nSPS) is 21.6. The van der Waals surface area contributed by atoms with Crippen LogP contribution in [0.2, 0.25) is 0 Å². The predicted octanol–water partition coefficient (Wildman–Crippen LogP) is 0.0178. The van der Waals surface area contributed by atoms with Gasteiger partial charge < -0.3 is 5.32 Å². The fourth-order valence-electron chi connectivity index (χ4n) is 2.61. The van der Waals surface area contributed by atoms with E-state index in [2.05, 4.69) is 20.5 Å². The Kier molecular flexibility index (Phi) is 3.21. The van der Waals surface area contributed by atoms with Gasteiger partial charge in [-0.2, -0.15) is 0 Å². The van der Waals surface area contributed by atoms with Crippen molar-refractivity contribution in [2.45, 2.75) is 32.9 Å². The Labute approximate surface area is 117 Å². The zero-order valence-corrected chi connectivity index (χ0v) is 12.3. The van der Waals surface area contributed by atoms with Crippen molar-refractivity contribution in [3.8, 4) is 0 Å². The number of rotatable bonds is 3. The quantitative estimate of drug-likeness (QED) is 0.858. The van der Waals surface area contributed by atoms with E-state index in [1.54, 1.807) is 0 Å². The lowest BCUT2D eigenvalue weighted by molar-refractivity contribution is 0.538. The van der Waals surface area contributed by atoms with Gasteiger partial charge in [0.1, 0.15) is 5.82 Å². The molecule has 1 aliphatic heterocycles. The number of hydrogen-bond acceptors (Lipinski definition) is 6. The van der Waals surface area contributed by atoms with Gasteiger partial charge in [0.15, 0.2) is 21.3 Å². The van der Waals surface area contributed by atoms with Gasteiger partial charge in [0.2, 0.25) is 0 Å². The highest BCUT2D eigenvalue weighted by atomic mass is 32.2. The van der Waals surface area contributed by atoms with Crippen molar-refractivity contribution >= 4 is 15.5 Å². The van der Waals surface area contributed by atoms with Gasteiger partial charge in [-0.1, -0.05) is 0 Å². The molecule has 20 heavy (non-hydrogen) atoms. The minimum Gasteiger partial charge on any atom is -0.306 e. The monoisotopic (exact) mass is 295 g/mol. The second kappa shape index (κ2) is 4.78. The molecule has 0 aromatic carbocycles. The Bertz CT molecular complexity index is 753. The van der Waals surface area contributed by atoms with Gasteiger partial charge in [0.05, 0.1) is 18.1 Å². The minimum absolute atomic E-state index is 0.00561. The molecule has 3 heterocycles. The average molecular weight is 295 g/mol. The number of hydrogen-bond donors (Lipinski definition) is 1. The van der Waals surface area contributed by atoms with Crippen LogP contribution < -0.4 is 5.32 Å². The first-order valence-electron chi connectivity index (χ1n) is 6.57. The fraction of sp³-hybridized carbons (Fsp3) is 0.583. The molecule has 0 spiro atoms. The van der Waals surface area contributed by atoms with Gasteiger partial charge in [-0.15, -0.1) is 10.2 Å². The Morgan fingerprint density at radius 2 is 2.20 bits per heavy atom. The molecule has 0 aliphatic carbocycles. The van der Waals surface area contributed by atoms with Crippen LogP contribution in [0.5, 0.6) is 0 Å². The number of sulfone groups is 1. The van der Waals surface area contributed by atoms with Crippen molar-refractivity contribution in [3.05, 3.63) is 23.4 Å². The molecule has 0 saturated carbocycles. The van der Waals surface area contributed by atoms with E-state index in [9.17, 15) is 8.42 Å². The molecule has 1 aliphatic rings. The third-order valence-corrected chi connectivity index (χ3v) is 5.30. The molecule has 7 nitrogen and oxygen atoms in total. The first-order chi connectivity index (χ1) is 9.44. The smallest absolute Gasteiger partial charge is 0.164 e. The van der Waals surface area contributed by atoms with Crippen molar-refractivity contribution in [3.63, 3.8) is 0 Å². The number of nitrogens with zero attached hydrogens (tertiary/aromatic N) is 4. The van der Waals surface area contributed by atoms with Gasteiger partial charge >= 0.3 is 0 Å². The van der Waals surface area contributed by atoms with E-state index in [0.717, 1.165) is 23.0 Å². The summed E-state index contributed by atoms with van der Waals surface area (Å²) < 4.78 is 24.7. The van der Waals surface area contributed by atoms with Crippen molar-refractivity contribution in [1.29, 1.82) is 0 Å². The highest BCUT2D eigenvalue weighted by Crippen LogP contribution is 2.13. The first kappa shape index (κ1) is 13.4. The summed E-state index contributed by atoms with van der Waals surface area (Å²) in [5.41, 5.74) is 1.68. The van der Waals surface area contributed by atoms with Crippen molar-refractivity contribution in [2.24, 2.45) is 0 Å². The summed E-state index contributed by atoms with van der Waals surface area (Å²) in [4.78, 5) is 4.40. The van der Waals surface area contributed by atoms with Gasteiger partial charge in [-0.05, 0) is 20.3 Å². The maximum Gasteiger partial charge on any atom is 0.164 e. The Balaban J connectivity index is 1.79. The maximum absolute atomic E-state index is 11.4. The summed E-state index contributed by atoms with van der Waals surface area (Å²) in [6, 6.07) is 1.88. The lowest BCUT2D eigenvalue weighted by atomic mass is 10.2. The number of aromatic nitrogens is 4. The molecule has 8 heteroatoms. The van der Waals surface area contributed by atoms with Gasteiger partial charge in [0.25, 0.3) is 0 Å². The largest absolute Gasteiger partial charge is 0.306 e. The lowest BCUT2D eigenvalue weighted by Gasteiger charge is -2.10. The molecule has 2 aromatic rings. The number of nitrogens with one attached hydrogen (secondary N) is 1. The molecular formula is C12H17N5O2S. The summed E-state index contributed by atoms with van der Waals surface area (Å²) in [5.74, 6) is 2.07. The zero-order chi connectivity index (χ0) is 14.3. The van der Waals surface area contributed by atoms with Crippen LogP contribution in [0.15, 0.2) is 6.07 Å². The molecule has 1 N–H and O–H groups in total. The highest BCUT2D eigenvalue weighted by Gasteiger charge is 2.27. The van der Waals surface area contributed by atoms with E-state index >= 15 is 0 Å². The van der Waals surface area contributed by atoms with E-state index in [0.29, 0.717) is 13.0 Å². The van der Waals surface area contributed by atoms with Crippen LogP contribution in [0, 0.1) is 13.8 Å². The van der Waals surface area contributed by atoms with Gasteiger partial charge in [-0.3, -0.25) is 4.40 Å². The van der Waals surface area contributed by atoms with Crippen molar-refractivity contribution < 1.29 is 8.42 Å². The molecule has 0 amide bonds. The Morgan fingerprint density at radius 3 is 2.90 bits per heavy atom. The molecule has 2 aromatic heterocycles. The summed E-state index contributed by atoms with van der Waals surface area (Å²) in [6.07, 6.45) is 0.662. The molecule has 108 valence electrons. The topological polar surface area (TPSA) is 89.2 Å². The number of fused-ring (bicyclic) bond motifs is 1. The SMILES string of the molecule is Cc1cc2nnc(CNC3CCS(=O)(=O)C3)n2c(C)n1. The van der Waals surface area contributed by atoms with Crippen LogP contribution in [0.3, 0.4) is 0 Å². The molecule has 0 bridgehead atoms. The minimum atomic E-state index is -2.86. The van der Waals surface area contributed by atoms with E-state index in [1.807, 2.05) is 24.3 Å². The second-order valence-electron chi connectivity index (χ2n) is 5.24. The highest BCUT2D eigenvalue weighted by molar-refractivity contribution is 7.91. The molecule has 1 unspecified atom stereocenters. The molecule has 1 atom stereocenters. The van der Waals surface area contributed by atoms with Crippen LogP contribution in [0.1, 0.15) is 23.8 Å². The van der Waals surface area contributed by atoms with Gasteiger partial charge in [0, 0.05) is 17.8 Å². The van der Waals surface area contributed by atoms with Crippen LogP contribution in [-0.4, -0.2) is 45.5 Å². The predicted molar refractivity (Wildman–Crippen MR) is 74.2 cm³/mol. The molecule has 0 radical (unpaired) electrons. The Hall–Kier alpha value is -1.54. The third kappa shape index (κ3) is 2.53. The second-order valence-corrected chi connectivity index (χ2v) is 7.46. The molecule has 1 fully saturated rings. The Morgan fingerprint density at radius 1 is 1.40 bits per heavy atom. The summed E-state index contributed by atoms with van der Waals surface area (Å²) in [6.45, 7) is 4.32. The summed E-state index contributed by atoms with van der Waals surface area (Å²) >= 11 is 0. The van der Waals surface area contributed by atoms with Crippen LogP contribution in [-0.2, 0) is 16.4 Å². The van der Waals surface area contributed by atoms with Gasteiger partial charge in [-0.25, -0.2) is 13.4 Å². The summed E-state index contributed by atoms with van der Waals surface area (Å²) in [5, 5.41) is 11.5. The van der Waals surface area contributed by atoms with E-state index in [1.165, 1.54) is 0 Å². The van der Waals surface area contributed by atoms with Crippen LogP contribution in [0.25, 0.3) is 5.65 Å². The first-order valence-corrected chi connectivity index (χ1v) is 8.39.